The van der Waals surface area contributed by atoms with Gasteiger partial charge in [0.05, 0.1) is 17.7 Å². The third-order valence-electron chi connectivity index (χ3n) is 5.02. The molecule has 1 heterocycles. The van der Waals surface area contributed by atoms with Crippen LogP contribution >= 0.6 is 0 Å². The summed E-state index contributed by atoms with van der Waals surface area (Å²) >= 11 is 0. The molecule has 7 nitrogen and oxygen atoms in total. The van der Waals surface area contributed by atoms with Gasteiger partial charge in [0, 0.05) is 18.1 Å². The zero-order chi connectivity index (χ0) is 21.3. The van der Waals surface area contributed by atoms with E-state index in [0.717, 1.165) is 29.5 Å². The molecule has 1 amide bonds. The molecule has 0 fully saturated rings. The quantitative estimate of drug-likeness (QED) is 0.687. The summed E-state index contributed by atoms with van der Waals surface area (Å²) in [6, 6.07) is 13.3. The van der Waals surface area contributed by atoms with Gasteiger partial charge in [0.25, 0.3) is 5.89 Å². The molecule has 1 aromatic heterocycles. The molecular weight excluding hydrogens is 380 g/mol. The fraction of sp³-hybridized carbons (Fsp3) is 0.304. The molecule has 1 atom stereocenters. The first-order valence-corrected chi connectivity index (χ1v) is 9.90. The topological polar surface area (TPSA) is 101 Å². The van der Waals surface area contributed by atoms with Crippen molar-refractivity contribution < 1.29 is 14.1 Å². The van der Waals surface area contributed by atoms with Gasteiger partial charge in [-0.2, -0.15) is 10.2 Å². The fourth-order valence-electron chi connectivity index (χ4n) is 3.82. The van der Waals surface area contributed by atoms with Crippen LogP contribution in [-0.4, -0.2) is 22.2 Å². The highest BCUT2D eigenvalue weighted by molar-refractivity contribution is 5.74. The number of benzene rings is 2. The second kappa shape index (κ2) is 7.99. The Hall–Kier alpha value is -3.66. The highest BCUT2D eigenvalue weighted by Gasteiger charge is 2.27. The van der Waals surface area contributed by atoms with Crippen molar-refractivity contribution in [1.82, 2.24) is 15.5 Å². The number of hydrogen-bond acceptors (Lipinski definition) is 6. The van der Waals surface area contributed by atoms with Gasteiger partial charge in [0.15, 0.2) is 0 Å². The maximum Gasteiger partial charge on any atom is 0.258 e. The molecule has 0 unspecified atom stereocenters. The molecule has 152 valence electrons. The Bertz CT molecular complexity index is 1140. The van der Waals surface area contributed by atoms with Crippen molar-refractivity contribution in [2.45, 2.75) is 45.8 Å². The van der Waals surface area contributed by atoms with Crippen LogP contribution in [-0.2, 0) is 11.2 Å². The molecule has 30 heavy (non-hydrogen) atoms. The van der Waals surface area contributed by atoms with Crippen LogP contribution in [0.4, 0.5) is 0 Å². The molecule has 1 N–H and O–H groups in total. The van der Waals surface area contributed by atoms with E-state index in [1.54, 1.807) is 18.2 Å². The van der Waals surface area contributed by atoms with Crippen molar-refractivity contribution in [3.63, 3.8) is 0 Å². The zero-order valence-electron chi connectivity index (χ0n) is 17.1. The first-order valence-electron chi connectivity index (χ1n) is 9.90. The Kier molecular flexibility index (Phi) is 5.23. The molecule has 0 saturated heterocycles. The Morgan fingerprint density at radius 2 is 2.17 bits per heavy atom. The van der Waals surface area contributed by atoms with E-state index in [1.807, 2.05) is 32.0 Å². The third-order valence-corrected chi connectivity index (χ3v) is 5.02. The highest BCUT2D eigenvalue weighted by Crippen LogP contribution is 2.37. The zero-order valence-corrected chi connectivity index (χ0v) is 17.1. The van der Waals surface area contributed by atoms with Gasteiger partial charge in [0.1, 0.15) is 11.8 Å². The van der Waals surface area contributed by atoms with E-state index in [0.29, 0.717) is 28.6 Å². The maximum atomic E-state index is 11.5. The van der Waals surface area contributed by atoms with Crippen molar-refractivity contribution in [1.29, 1.82) is 5.26 Å². The van der Waals surface area contributed by atoms with Crippen LogP contribution in [0.5, 0.6) is 5.75 Å². The lowest BCUT2D eigenvalue weighted by atomic mass is 10.0. The predicted molar refractivity (Wildman–Crippen MR) is 111 cm³/mol. The standard InChI is InChI=1S/C23H22N4O3/c1-13(2)29-21-10-7-15(11-16(21)12-24)23-26-22(27-30-23)19-6-4-5-18-17(19)8-9-20(18)25-14(3)28/h4-7,10-11,13,20H,8-9H2,1-3H3,(H,25,28)/t20-/m0/s1. The van der Waals surface area contributed by atoms with E-state index in [1.165, 1.54) is 6.92 Å². The summed E-state index contributed by atoms with van der Waals surface area (Å²) in [5.74, 6) is 1.32. The number of amides is 1. The molecule has 1 aliphatic rings. The van der Waals surface area contributed by atoms with Gasteiger partial charge >= 0.3 is 0 Å². The molecule has 1 aliphatic carbocycles. The Labute approximate surface area is 174 Å². The average Bonchev–Trinajstić information content (AvgIpc) is 3.35. The van der Waals surface area contributed by atoms with E-state index in [-0.39, 0.29) is 18.1 Å². The van der Waals surface area contributed by atoms with Crippen LogP contribution in [0.3, 0.4) is 0 Å². The van der Waals surface area contributed by atoms with Gasteiger partial charge in [-0.1, -0.05) is 23.4 Å². The Morgan fingerprint density at radius 3 is 2.90 bits per heavy atom. The molecule has 7 heteroatoms. The number of carbonyl (C=O) groups excluding carboxylic acids is 1. The monoisotopic (exact) mass is 402 g/mol. The van der Waals surface area contributed by atoms with Gasteiger partial charge in [-0.05, 0) is 56.0 Å². The summed E-state index contributed by atoms with van der Waals surface area (Å²) in [5.41, 5.74) is 4.19. The predicted octanol–water partition coefficient (Wildman–Crippen LogP) is 4.19. The van der Waals surface area contributed by atoms with Gasteiger partial charge in [0.2, 0.25) is 11.7 Å². The highest BCUT2D eigenvalue weighted by atomic mass is 16.5. The summed E-state index contributed by atoms with van der Waals surface area (Å²) in [5, 5.41) is 16.6. The first kappa shape index (κ1) is 19.6. The molecule has 4 rings (SSSR count). The SMILES string of the molecule is CC(=O)N[C@H]1CCc2c(-c3noc(-c4ccc(OC(C)C)c(C#N)c4)n3)cccc21. The van der Waals surface area contributed by atoms with Gasteiger partial charge < -0.3 is 14.6 Å². The van der Waals surface area contributed by atoms with Crippen LogP contribution in [0.25, 0.3) is 22.8 Å². The van der Waals surface area contributed by atoms with Crippen molar-refractivity contribution in [2.24, 2.45) is 0 Å². The smallest absolute Gasteiger partial charge is 0.258 e. The number of fused-ring (bicyclic) bond motifs is 1. The number of nitrogens with one attached hydrogen (secondary N) is 1. The van der Waals surface area contributed by atoms with Gasteiger partial charge in [-0.3, -0.25) is 4.79 Å². The third kappa shape index (κ3) is 3.77. The van der Waals surface area contributed by atoms with Crippen LogP contribution < -0.4 is 10.1 Å². The lowest BCUT2D eigenvalue weighted by Crippen LogP contribution is -2.24. The van der Waals surface area contributed by atoms with Crippen molar-refractivity contribution >= 4 is 5.91 Å². The molecule has 0 saturated carbocycles. The molecule has 0 bridgehead atoms. The fourth-order valence-corrected chi connectivity index (χ4v) is 3.82. The number of rotatable bonds is 5. The van der Waals surface area contributed by atoms with Gasteiger partial charge in [-0.25, -0.2) is 0 Å². The number of hydrogen-bond donors (Lipinski definition) is 1. The normalized spacial score (nSPS) is 15.0. The minimum Gasteiger partial charge on any atom is -0.490 e. The van der Waals surface area contributed by atoms with E-state index in [2.05, 4.69) is 21.5 Å². The summed E-state index contributed by atoms with van der Waals surface area (Å²) in [6.07, 6.45) is 1.65. The Morgan fingerprint density at radius 1 is 1.33 bits per heavy atom. The van der Waals surface area contributed by atoms with Crippen molar-refractivity contribution in [3.8, 4) is 34.7 Å². The van der Waals surface area contributed by atoms with Crippen LogP contribution in [0.15, 0.2) is 40.9 Å². The van der Waals surface area contributed by atoms with Gasteiger partial charge in [-0.15, -0.1) is 0 Å². The molecule has 0 aliphatic heterocycles. The lowest BCUT2D eigenvalue weighted by Gasteiger charge is -2.12. The second-order valence-corrected chi connectivity index (χ2v) is 7.58. The number of nitrogens with zero attached hydrogens (tertiary/aromatic N) is 3. The Balaban J connectivity index is 1.66. The largest absolute Gasteiger partial charge is 0.490 e. The van der Waals surface area contributed by atoms with Crippen LogP contribution in [0.1, 0.15) is 49.9 Å². The van der Waals surface area contributed by atoms with Crippen LogP contribution in [0.2, 0.25) is 0 Å². The summed E-state index contributed by atoms with van der Waals surface area (Å²) in [7, 11) is 0. The first-order chi connectivity index (χ1) is 14.5. The number of nitriles is 1. The molecule has 2 aromatic carbocycles. The number of ether oxygens (including phenoxy) is 1. The molecule has 0 spiro atoms. The van der Waals surface area contributed by atoms with E-state index in [4.69, 9.17) is 9.26 Å². The lowest BCUT2D eigenvalue weighted by molar-refractivity contribution is -0.119. The molecule has 3 aromatic rings. The molecule has 0 radical (unpaired) electrons. The molecular formula is C23H22N4O3. The summed E-state index contributed by atoms with van der Waals surface area (Å²) in [6.45, 7) is 5.35. The number of carbonyl (C=O) groups is 1. The average molecular weight is 402 g/mol. The van der Waals surface area contributed by atoms with Crippen LogP contribution in [0, 0.1) is 11.3 Å². The second-order valence-electron chi connectivity index (χ2n) is 7.58. The minimum absolute atomic E-state index is 0.00973. The maximum absolute atomic E-state index is 11.5. The van der Waals surface area contributed by atoms with E-state index in [9.17, 15) is 10.1 Å². The summed E-state index contributed by atoms with van der Waals surface area (Å²) in [4.78, 5) is 16.0. The van der Waals surface area contributed by atoms with E-state index >= 15 is 0 Å². The minimum atomic E-state index is -0.0432. The van der Waals surface area contributed by atoms with E-state index < -0.39 is 0 Å². The number of aromatic nitrogens is 2. The summed E-state index contributed by atoms with van der Waals surface area (Å²) < 4.78 is 11.2. The van der Waals surface area contributed by atoms with Crippen molar-refractivity contribution in [3.05, 3.63) is 53.1 Å². The van der Waals surface area contributed by atoms with Crippen molar-refractivity contribution in [2.75, 3.05) is 0 Å².